The molecule has 0 radical (unpaired) electrons. The van der Waals surface area contributed by atoms with Crippen LogP contribution in [0.5, 0.6) is 0 Å². The van der Waals surface area contributed by atoms with E-state index in [1.807, 2.05) is 19.3 Å². The molecule has 1 aromatic heterocycles. The molecule has 0 spiro atoms. The average molecular weight is 186 g/mol. The molecule has 2 heteroatoms. The Balaban J connectivity index is 2.51. The molecule has 1 aromatic carbocycles. The van der Waals surface area contributed by atoms with E-state index in [2.05, 4.69) is 41.5 Å². The first-order valence-corrected chi connectivity index (χ1v) is 4.83. The van der Waals surface area contributed by atoms with Crippen LogP contribution in [0, 0.1) is 0 Å². The number of fused-ring (bicyclic) bond motifs is 1. The monoisotopic (exact) mass is 186 g/mol. The molecule has 2 nitrogen and oxygen atoms in total. The van der Waals surface area contributed by atoms with Gasteiger partial charge in [-0.05, 0) is 31.7 Å². The number of aromatic nitrogens is 1. The summed E-state index contributed by atoms with van der Waals surface area (Å²) in [6.07, 6.45) is 1.83. The van der Waals surface area contributed by atoms with Gasteiger partial charge in [0, 0.05) is 17.6 Å². The van der Waals surface area contributed by atoms with Crippen molar-refractivity contribution in [1.29, 1.82) is 0 Å². The Labute approximate surface area is 84.0 Å². The Morgan fingerprint density at radius 1 is 1.29 bits per heavy atom. The molecule has 1 atom stereocenters. The molecular weight excluding hydrogens is 172 g/mol. The number of benzene rings is 1. The molecule has 2 aromatic rings. The van der Waals surface area contributed by atoms with Crippen LogP contribution in [0.1, 0.15) is 18.5 Å². The predicted molar refractivity (Wildman–Crippen MR) is 59.2 cm³/mol. The Kier molecular flexibility index (Phi) is 2.46. The molecule has 1 N–H and O–H groups in total. The van der Waals surface area contributed by atoms with Gasteiger partial charge in [-0.2, -0.15) is 0 Å². The van der Waals surface area contributed by atoms with Gasteiger partial charge in [0.2, 0.25) is 0 Å². The molecule has 1 heterocycles. The van der Waals surface area contributed by atoms with Crippen LogP contribution in [-0.4, -0.2) is 12.0 Å². The Morgan fingerprint density at radius 2 is 2.14 bits per heavy atom. The summed E-state index contributed by atoms with van der Waals surface area (Å²) in [5.74, 6) is 0. The Morgan fingerprint density at radius 3 is 2.93 bits per heavy atom. The van der Waals surface area contributed by atoms with Gasteiger partial charge in [-0.25, -0.2) is 0 Å². The minimum atomic E-state index is 0.376. The van der Waals surface area contributed by atoms with E-state index in [1.165, 1.54) is 10.9 Å². The zero-order valence-electron chi connectivity index (χ0n) is 8.49. The standard InChI is InChI=1S/C12H14N2/c1-9(13-2)11-6-5-10-4-3-7-14-12(10)8-11/h3-9,13H,1-2H3/t9-/m1/s1. The number of rotatable bonds is 2. The summed E-state index contributed by atoms with van der Waals surface area (Å²) in [4.78, 5) is 4.33. The van der Waals surface area contributed by atoms with E-state index < -0.39 is 0 Å². The zero-order chi connectivity index (χ0) is 9.97. The molecule has 0 aliphatic rings. The molecule has 0 amide bonds. The average Bonchev–Trinajstić information content (AvgIpc) is 2.27. The summed E-state index contributed by atoms with van der Waals surface area (Å²) in [7, 11) is 1.97. The molecule has 72 valence electrons. The first-order valence-electron chi connectivity index (χ1n) is 4.83. The fraction of sp³-hybridized carbons (Fsp3) is 0.250. The maximum atomic E-state index is 4.33. The summed E-state index contributed by atoms with van der Waals surface area (Å²) < 4.78 is 0. The lowest BCUT2D eigenvalue weighted by Crippen LogP contribution is -2.11. The normalized spacial score (nSPS) is 13.0. The second-order valence-corrected chi connectivity index (χ2v) is 3.47. The summed E-state index contributed by atoms with van der Waals surface area (Å²) in [5.41, 5.74) is 2.34. The van der Waals surface area contributed by atoms with Gasteiger partial charge in [0.15, 0.2) is 0 Å². The van der Waals surface area contributed by atoms with Crippen LogP contribution in [0.25, 0.3) is 10.9 Å². The maximum Gasteiger partial charge on any atom is 0.0705 e. The summed E-state index contributed by atoms with van der Waals surface area (Å²) in [5, 5.41) is 4.41. The van der Waals surface area contributed by atoms with Crippen molar-refractivity contribution in [2.24, 2.45) is 0 Å². The highest BCUT2D eigenvalue weighted by molar-refractivity contribution is 5.78. The molecule has 0 fully saturated rings. The van der Waals surface area contributed by atoms with E-state index in [-0.39, 0.29) is 0 Å². The predicted octanol–water partition coefficient (Wildman–Crippen LogP) is 2.52. The second kappa shape index (κ2) is 3.76. The van der Waals surface area contributed by atoms with Crippen molar-refractivity contribution >= 4 is 10.9 Å². The first-order chi connectivity index (χ1) is 6.81. The van der Waals surface area contributed by atoms with Gasteiger partial charge in [0.1, 0.15) is 0 Å². The number of pyridine rings is 1. The van der Waals surface area contributed by atoms with Crippen LogP contribution in [0.15, 0.2) is 36.5 Å². The van der Waals surface area contributed by atoms with E-state index in [0.29, 0.717) is 6.04 Å². The molecular formula is C12H14N2. The van der Waals surface area contributed by atoms with Gasteiger partial charge in [0.25, 0.3) is 0 Å². The quantitative estimate of drug-likeness (QED) is 0.779. The second-order valence-electron chi connectivity index (χ2n) is 3.47. The molecule has 14 heavy (non-hydrogen) atoms. The van der Waals surface area contributed by atoms with Gasteiger partial charge < -0.3 is 5.32 Å². The topological polar surface area (TPSA) is 24.9 Å². The highest BCUT2D eigenvalue weighted by Crippen LogP contribution is 2.17. The van der Waals surface area contributed by atoms with Gasteiger partial charge in [-0.15, -0.1) is 0 Å². The third-order valence-electron chi connectivity index (χ3n) is 2.56. The highest BCUT2D eigenvalue weighted by Gasteiger charge is 2.02. The summed E-state index contributed by atoms with van der Waals surface area (Å²) in [6, 6.07) is 10.8. The van der Waals surface area contributed by atoms with E-state index in [0.717, 1.165) is 5.52 Å². The largest absolute Gasteiger partial charge is 0.313 e. The van der Waals surface area contributed by atoms with Gasteiger partial charge in [-0.1, -0.05) is 18.2 Å². The molecule has 0 unspecified atom stereocenters. The van der Waals surface area contributed by atoms with Crippen molar-refractivity contribution in [3.63, 3.8) is 0 Å². The number of hydrogen-bond acceptors (Lipinski definition) is 2. The fourth-order valence-electron chi connectivity index (χ4n) is 1.52. The summed E-state index contributed by atoms with van der Waals surface area (Å²) in [6.45, 7) is 2.14. The smallest absolute Gasteiger partial charge is 0.0705 e. The lowest BCUT2D eigenvalue weighted by molar-refractivity contribution is 0.653. The van der Waals surface area contributed by atoms with Crippen LogP contribution in [0.4, 0.5) is 0 Å². The number of hydrogen-bond donors (Lipinski definition) is 1. The first kappa shape index (κ1) is 9.16. The highest BCUT2D eigenvalue weighted by atomic mass is 14.9. The molecule has 0 bridgehead atoms. The number of nitrogens with zero attached hydrogens (tertiary/aromatic N) is 1. The van der Waals surface area contributed by atoms with Crippen LogP contribution in [-0.2, 0) is 0 Å². The van der Waals surface area contributed by atoms with Crippen molar-refractivity contribution in [2.45, 2.75) is 13.0 Å². The minimum absolute atomic E-state index is 0.376. The fourth-order valence-corrected chi connectivity index (χ4v) is 1.52. The third kappa shape index (κ3) is 1.61. The van der Waals surface area contributed by atoms with Crippen molar-refractivity contribution in [2.75, 3.05) is 7.05 Å². The lowest BCUT2D eigenvalue weighted by Gasteiger charge is -2.10. The lowest BCUT2D eigenvalue weighted by atomic mass is 10.1. The van der Waals surface area contributed by atoms with Crippen LogP contribution < -0.4 is 5.32 Å². The minimum Gasteiger partial charge on any atom is -0.313 e. The molecule has 2 rings (SSSR count). The van der Waals surface area contributed by atoms with Crippen LogP contribution in [0.3, 0.4) is 0 Å². The Hall–Kier alpha value is -1.41. The van der Waals surface area contributed by atoms with E-state index in [1.54, 1.807) is 0 Å². The molecule has 0 saturated heterocycles. The van der Waals surface area contributed by atoms with Crippen molar-refractivity contribution < 1.29 is 0 Å². The zero-order valence-corrected chi connectivity index (χ0v) is 8.49. The van der Waals surface area contributed by atoms with E-state index in [4.69, 9.17) is 0 Å². The summed E-state index contributed by atoms with van der Waals surface area (Å²) >= 11 is 0. The van der Waals surface area contributed by atoms with E-state index in [9.17, 15) is 0 Å². The van der Waals surface area contributed by atoms with Crippen molar-refractivity contribution in [1.82, 2.24) is 10.3 Å². The van der Waals surface area contributed by atoms with E-state index >= 15 is 0 Å². The molecule has 0 saturated carbocycles. The van der Waals surface area contributed by atoms with Crippen molar-refractivity contribution in [3.05, 3.63) is 42.1 Å². The molecule has 0 aliphatic heterocycles. The van der Waals surface area contributed by atoms with Crippen LogP contribution >= 0.6 is 0 Å². The number of nitrogens with one attached hydrogen (secondary N) is 1. The van der Waals surface area contributed by atoms with Gasteiger partial charge in [-0.3, -0.25) is 4.98 Å². The van der Waals surface area contributed by atoms with Crippen molar-refractivity contribution in [3.8, 4) is 0 Å². The Bertz CT molecular complexity index is 437. The molecule has 0 aliphatic carbocycles. The maximum absolute atomic E-state index is 4.33. The van der Waals surface area contributed by atoms with Gasteiger partial charge >= 0.3 is 0 Å². The third-order valence-corrected chi connectivity index (χ3v) is 2.56. The van der Waals surface area contributed by atoms with Crippen LogP contribution in [0.2, 0.25) is 0 Å². The van der Waals surface area contributed by atoms with Gasteiger partial charge in [0.05, 0.1) is 5.52 Å². The SMILES string of the molecule is CN[C@H](C)c1ccc2cccnc2c1.